The molecule has 124 valence electrons. The van der Waals surface area contributed by atoms with Gasteiger partial charge in [-0.15, -0.1) is 12.4 Å². The summed E-state index contributed by atoms with van der Waals surface area (Å²) < 4.78 is 10.4. The Balaban J connectivity index is 0.00000242. The molecule has 0 aliphatic carbocycles. The molecule has 0 aromatic heterocycles. The van der Waals surface area contributed by atoms with E-state index < -0.39 is 0 Å². The van der Waals surface area contributed by atoms with Crippen LogP contribution in [0.2, 0.25) is 0 Å². The number of piperazine rings is 1. The minimum absolute atomic E-state index is 0. The molecule has 1 amide bonds. The Bertz CT molecular complexity index is 477. The molecule has 1 aliphatic rings. The third-order valence-electron chi connectivity index (χ3n) is 3.62. The van der Waals surface area contributed by atoms with Gasteiger partial charge in [-0.2, -0.15) is 0 Å². The van der Waals surface area contributed by atoms with Crippen LogP contribution < -0.4 is 20.1 Å². The summed E-state index contributed by atoms with van der Waals surface area (Å²) >= 11 is 0. The zero-order valence-electron chi connectivity index (χ0n) is 13.2. The zero-order chi connectivity index (χ0) is 15.2. The monoisotopic (exact) mass is 329 g/mol. The summed E-state index contributed by atoms with van der Waals surface area (Å²) in [5.41, 5.74) is 0.680. The van der Waals surface area contributed by atoms with Gasteiger partial charge in [-0.1, -0.05) is 0 Å². The van der Waals surface area contributed by atoms with Gasteiger partial charge in [0.15, 0.2) is 0 Å². The fraction of sp³-hybridized carbons (Fsp3) is 0.533. The van der Waals surface area contributed by atoms with Crippen LogP contribution in [0.4, 0.5) is 5.69 Å². The van der Waals surface area contributed by atoms with Gasteiger partial charge < -0.3 is 20.1 Å². The number of rotatable bonds is 5. The summed E-state index contributed by atoms with van der Waals surface area (Å²) in [6, 6.07) is 5.70. The summed E-state index contributed by atoms with van der Waals surface area (Å²) in [6.07, 6.45) is 0. The highest BCUT2D eigenvalue weighted by molar-refractivity contribution is 5.92. The molecule has 1 aliphatic heterocycles. The van der Waals surface area contributed by atoms with Crippen molar-refractivity contribution in [2.45, 2.75) is 13.0 Å². The molecular formula is C15H24ClN3O3. The van der Waals surface area contributed by atoms with E-state index in [1.54, 1.807) is 32.4 Å². The van der Waals surface area contributed by atoms with Crippen LogP contribution in [0.5, 0.6) is 11.5 Å². The maximum absolute atomic E-state index is 12.2. The predicted molar refractivity (Wildman–Crippen MR) is 89.3 cm³/mol. The average Bonchev–Trinajstić information content (AvgIpc) is 2.49. The van der Waals surface area contributed by atoms with E-state index in [4.69, 9.17) is 9.47 Å². The Kier molecular flexibility index (Phi) is 7.44. The number of benzene rings is 1. The van der Waals surface area contributed by atoms with E-state index in [0.717, 1.165) is 19.6 Å². The molecule has 1 fully saturated rings. The Morgan fingerprint density at radius 1 is 1.32 bits per heavy atom. The molecule has 1 aromatic carbocycles. The fourth-order valence-electron chi connectivity index (χ4n) is 2.38. The fourth-order valence-corrected chi connectivity index (χ4v) is 2.38. The molecule has 2 rings (SSSR count). The predicted octanol–water partition coefficient (Wildman–Crippen LogP) is 1.36. The molecule has 0 radical (unpaired) electrons. The van der Waals surface area contributed by atoms with E-state index in [2.05, 4.69) is 22.5 Å². The molecule has 0 spiro atoms. The molecule has 2 N–H and O–H groups in total. The number of anilines is 1. The van der Waals surface area contributed by atoms with Crippen molar-refractivity contribution in [2.24, 2.45) is 0 Å². The van der Waals surface area contributed by atoms with Crippen LogP contribution in [0.3, 0.4) is 0 Å². The van der Waals surface area contributed by atoms with Crippen molar-refractivity contribution < 1.29 is 14.3 Å². The molecule has 6 nitrogen and oxygen atoms in total. The first-order valence-electron chi connectivity index (χ1n) is 7.10. The largest absolute Gasteiger partial charge is 0.497 e. The first-order valence-corrected chi connectivity index (χ1v) is 7.10. The molecular weight excluding hydrogens is 306 g/mol. The summed E-state index contributed by atoms with van der Waals surface area (Å²) in [5, 5.41) is 6.21. The first-order chi connectivity index (χ1) is 10.1. The molecule has 1 atom stereocenters. The highest BCUT2D eigenvalue weighted by Gasteiger charge is 2.20. The maximum atomic E-state index is 12.2. The van der Waals surface area contributed by atoms with E-state index in [1.807, 2.05) is 0 Å². The summed E-state index contributed by atoms with van der Waals surface area (Å²) in [5.74, 6) is 1.28. The Morgan fingerprint density at radius 3 is 2.50 bits per heavy atom. The second-order valence-corrected chi connectivity index (χ2v) is 5.17. The van der Waals surface area contributed by atoms with Gasteiger partial charge in [-0.25, -0.2) is 0 Å². The number of hydrogen-bond donors (Lipinski definition) is 2. The molecule has 1 heterocycles. The van der Waals surface area contributed by atoms with Crippen molar-refractivity contribution in [1.82, 2.24) is 10.2 Å². The van der Waals surface area contributed by atoms with Crippen LogP contribution >= 0.6 is 12.4 Å². The lowest BCUT2D eigenvalue weighted by Crippen LogP contribution is -2.51. The van der Waals surface area contributed by atoms with E-state index in [-0.39, 0.29) is 18.3 Å². The summed E-state index contributed by atoms with van der Waals surface area (Å²) in [4.78, 5) is 14.3. The molecule has 22 heavy (non-hydrogen) atoms. The number of nitrogens with zero attached hydrogens (tertiary/aromatic N) is 1. The quantitative estimate of drug-likeness (QED) is 0.854. The van der Waals surface area contributed by atoms with E-state index in [9.17, 15) is 4.79 Å². The zero-order valence-corrected chi connectivity index (χ0v) is 14.0. The lowest BCUT2D eigenvalue weighted by molar-refractivity contribution is -0.118. The highest BCUT2D eigenvalue weighted by Crippen LogP contribution is 2.25. The van der Waals surface area contributed by atoms with Gasteiger partial charge in [0.25, 0.3) is 0 Å². The molecule has 1 saturated heterocycles. The van der Waals surface area contributed by atoms with Crippen LogP contribution in [0.25, 0.3) is 0 Å². The van der Waals surface area contributed by atoms with E-state index in [0.29, 0.717) is 29.8 Å². The van der Waals surface area contributed by atoms with Gasteiger partial charge in [-0.05, 0) is 6.92 Å². The molecule has 7 heteroatoms. The van der Waals surface area contributed by atoms with Gasteiger partial charge in [0.05, 0.1) is 20.8 Å². The van der Waals surface area contributed by atoms with Gasteiger partial charge in [-0.3, -0.25) is 9.69 Å². The van der Waals surface area contributed by atoms with Crippen LogP contribution in [-0.2, 0) is 4.79 Å². The van der Waals surface area contributed by atoms with Gasteiger partial charge in [0.2, 0.25) is 5.91 Å². The highest BCUT2D eigenvalue weighted by atomic mass is 35.5. The second-order valence-electron chi connectivity index (χ2n) is 5.17. The summed E-state index contributed by atoms with van der Waals surface area (Å²) in [7, 11) is 3.17. The molecule has 0 unspecified atom stereocenters. The first kappa shape index (κ1) is 18.5. The number of amides is 1. The van der Waals surface area contributed by atoms with Crippen molar-refractivity contribution in [3.05, 3.63) is 18.2 Å². The van der Waals surface area contributed by atoms with Crippen molar-refractivity contribution in [2.75, 3.05) is 45.7 Å². The SMILES string of the molecule is COc1cc(NC(=O)CN2CCNC[C@H]2C)cc(OC)c1.Cl. The lowest BCUT2D eigenvalue weighted by atomic mass is 10.2. The smallest absolute Gasteiger partial charge is 0.238 e. The van der Waals surface area contributed by atoms with Crippen molar-refractivity contribution >= 4 is 24.0 Å². The van der Waals surface area contributed by atoms with Crippen LogP contribution in [-0.4, -0.2) is 57.2 Å². The Hall–Kier alpha value is -1.50. The van der Waals surface area contributed by atoms with E-state index >= 15 is 0 Å². The molecule has 1 aromatic rings. The third-order valence-corrected chi connectivity index (χ3v) is 3.62. The number of hydrogen-bond acceptors (Lipinski definition) is 5. The van der Waals surface area contributed by atoms with Crippen molar-refractivity contribution in [3.63, 3.8) is 0 Å². The van der Waals surface area contributed by atoms with E-state index in [1.165, 1.54) is 0 Å². The number of nitrogens with one attached hydrogen (secondary N) is 2. The van der Waals surface area contributed by atoms with Gasteiger partial charge >= 0.3 is 0 Å². The van der Waals surface area contributed by atoms with Gasteiger partial charge in [0.1, 0.15) is 11.5 Å². The maximum Gasteiger partial charge on any atom is 0.238 e. The topological polar surface area (TPSA) is 62.8 Å². The number of carbonyl (C=O) groups is 1. The average molecular weight is 330 g/mol. The Labute approximate surface area is 137 Å². The number of methoxy groups -OCH3 is 2. The number of ether oxygens (including phenoxy) is 2. The van der Waals surface area contributed by atoms with Crippen LogP contribution in [0.1, 0.15) is 6.92 Å². The van der Waals surface area contributed by atoms with Gasteiger partial charge in [0, 0.05) is 49.6 Å². The number of halogens is 1. The molecule has 0 saturated carbocycles. The van der Waals surface area contributed by atoms with Crippen LogP contribution in [0, 0.1) is 0 Å². The van der Waals surface area contributed by atoms with Crippen molar-refractivity contribution in [1.29, 1.82) is 0 Å². The van der Waals surface area contributed by atoms with Crippen molar-refractivity contribution in [3.8, 4) is 11.5 Å². The normalized spacial score (nSPS) is 18.2. The minimum Gasteiger partial charge on any atom is -0.497 e. The molecule has 0 bridgehead atoms. The Morgan fingerprint density at radius 2 is 1.95 bits per heavy atom. The minimum atomic E-state index is -0.0287. The third kappa shape index (κ3) is 5.05. The standard InChI is InChI=1S/C15H23N3O3.ClH/c1-11-9-16-4-5-18(11)10-15(19)17-12-6-13(20-2)8-14(7-12)21-3;/h6-8,11,16H,4-5,9-10H2,1-3H3,(H,17,19);1H/t11-;/m1./s1. The lowest BCUT2D eigenvalue weighted by Gasteiger charge is -2.33. The number of carbonyl (C=O) groups excluding carboxylic acids is 1. The second kappa shape index (κ2) is 8.82. The summed E-state index contributed by atoms with van der Waals surface area (Å²) in [6.45, 7) is 5.23. The van der Waals surface area contributed by atoms with Crippen LogP contribution in [0.15, 0.2) is 18.2 Å².